The van der Waals surface area contributed by atoms with E-state index in [2.05, 4.69) is 209 Å². The van der Waals surface area contributed by atoms with Gasteiger partial charge in [0.1, 0.15) is 0 Å². The van der Waals surface area contributed by atoms with Gasteiger partial charge in [-0.3, -0.25) is 0 Å². The summed E-state index contributed by atoms with van der Waals surface area (Å²) in [5.41, 5.74) is 19.3. The molecule has 53 heavy (non-hydrogen) atoms. The fourth-order valence-corrected chi connectivity index (χ4v) is 9.48. The maximum Gasteiger partial charge on any atom is 0.0543 e. The molecular weight excluding hydrogens is 639 g/mol. The van der Waals surface area contributed by atoms with Gasteiger partial charge in [-0.25, -0.2) is 0 Å². The Morgan fingerprint density at radius 2 is 0.811 bits per heavy atom. The monoisotopic (exact) mass is 679 g/mol. The minimum atomic E-state index is -0.214. The quantitative estimate of drug-likeness (QED) is 0.175. The van der Waals surface area contributed by atoms with Gasteiger partial charge in [0, 0.05) is 27.6 Å². The van der Waals surface area contributed by atoms with Crippen LogP contribution in [-0.2, 0) is 10.8 Å². The van der Waals surface area contributed by atoms with Crippen LogP contribution in [0.15, 0.2) is 176 Å². The minimum Gasteiger partial charge on any atom is -0.310 e. The molecule has 0 N–H and O–H groups in total. The Kier molecular flexibility index (Phi) is 6.94. The van der Waals surface area contributed by atoms with Crippen LogP contribution in [0.5, 0.6) is 0 Å². The Labute approximate surface area is 312 Å². The zero-order valence-electron chi connectivity index (χ0n) is 30.7. The summed E-state index contributed by atoms with van der Waals surface area (Å²) in [6.07, 6.45) is 0. The summed E-state index contributed by atoms with van der Waals surface area (Å²) in [6, 6.07) is 64.8. The normalized spacial score (nSPS) is 14.3. The van der Waals surface area contributed by atoms with E-state index >= 15 is 0 Å². The van der Waals surface area contributed by atoms with Crippen LogP contribution in [0.25, 0.3) is 55.3 Å². The van der Waals surface area contributed by atoms with Crippen LogP contribution in [-0.4, -0.2) is 0 Å². The maximum absolute atomic E-state index is 2.51. The van der Waals surface area contributed by atoms with E-state index in [9.17, 15) is 0 Å². The highest BCUT2D eigenvalue weighted by Crippen LogP contribution is 2.61. The van der Waals surface area contributed by atoms with Crippen molar-refractivity contribution in [3.63, 3.8) is 0 Å². The number of hydrogen-bond acceptors (Lipinski definition) is 1. The third-order valence-corrected chi connectivity index (χ3v) is 12.0. The van der Waals surface area contributed by atoms with Crippen molar-refractivity contribution >= 4 is 27.8 Å². The summed E-state index contributed by atoms with van der Waals surface area (Å²) in [6.45, 7) is 9.73. The van der Waals surface area contributed by atoms with Gasteiger partial charge < -0.3 is 4.90 Å². The summed E-state index contributed by atoms with van der Waals surface area (Å²) in [7, 11) is 0. The summed E-state index contributed by atoms with van der Waals surface area (Å²) in [4.78, 5) is 2.47. The maximum atomic E-state index is 2.51. The lowest BCUT2D eigenvalue weighted by Crippen LogP contribution is -2.24. The zero-order chi connectivity index (χ0) is 35.9. The Morgan fingerprint density at radius 1 is 0.358 bits per heavy atom. The lowest BCUT2D eigenvalue weighted by molar-refractivity contribution is 0.601. The highest BCUT2D eigenvalue weighted by atomic mass is 15.1. The molecule has 0 fully saturated rings. The molecule has 0 bridgehead atoms. The van der Waals surface area contributed by atoms with E-state index in [1.54, 1.807) is 0 Å². The molecule has 0 saturated heterocycles. The molecule has 8 aromatic rings. The molecule has 0 aromatic heterocycles. The largest absolute Gasteiger partial charge is 0.310 e. The third-order valence-electron chi connectivity index (χ3n) is 12.0. The standard InChI is InChI=1S/C52H41N/c1-51(2)45-22-14-13-19-40(45)43-31-32-44-48-42-21-12-11-20-41(42)47(33-46(48)52(3,4)50(44)49(43)51)53(38-27-23-36(24-28-38)34-15-7-5-8-16-34)39-29-25-37(26-30-39)35-17-9-6-10-18-35/h5-33H,1-4H3. The lowest BCUT2D eigenvalue weighted by Gasteiger charge is -2.32. The molecule has 8 aromatic carbocycles. The molecule has 1 heteroatoms. The third kappa shape index (κ3) is 4.70. The van der Waals surface area contributed by atoms with Crippen LogP contribution in [0.3, 0.4) is 0 Å². The molecule has 1 nitrogen and oxygen atoms in total. The van der Waals surface area contributed by atoms with E-state index in [-0.39, 0.29) is 10.8 Å². The number of anilines is 3. The molecule has 10 rings (SSSR count). The lowest BCUT2D eigenvalue weighted by atomic mass is 9.72. The second-order valence-corrected chi connectivity index (χ2v) is 15.7. The molecule has 0 saturated carbocycles. The summed E-state index contributed by atoms with van der Waals surface area (Å²) >= 11 is 0. The molecular formula is C52H41N. The summed E-state index contributed by atoms with van der Waals surface area (Å²) < 4.78 is 0. The fourth-order valence-electron chi connectivity index (χ4n) is 9.48. The van der Waals surface area contributed by atoms with Crippen molar-refractivity contribution in [3.8, 4) is 44.5 Å². The Bertz CT molecular complexity index is 2600. The van der Waals surface area contributed by atoms with Gasteiger partial charge in [-0.1, -0.05) is 173 Å². The van der Waals surface area contributed by atoms with Crippen LogP contribution >= 0.6 is 0 Å². The van der Waals surface area contributed by atoms with Crippen LogP contribution in [0.2, 0.25) is 0 Å². The summed E-state index contributed by atoms with van der Waals surface area (Å²) in [5.74, 6) is 0. The number of benzene rings is 8. The average Bonchev–Trinajstić information content (AvgIpc) is 3.58. The molecule has 0 amide bonds. The van der Waals surface area contributed by atoms with Gasteiger partial charge in [-0.05, 0) is 102 Å². The van der Waals surface area contributed by atoms with Crippen LogP contribution in [0, 0.1) is 0 Å². The molecule has 2 aliphatic rings. The van der Waals surface area contributed by atoms with E-state index in [1.807, 2.05) is 0 Å². The van der Waals surface area contributed by atoms with Crippen LogP contribution < -0.4 is 4.90 Å². The summed E-state index contributed by atoms with van der Waals surface area (Å²) in [5, 5.41) is 2.55. The topological polar surface area (TPSA) is 3.24 Å². The first kappa shape index (κ1) is 31.5. The van der Waals surface area contributed by atoms with E-state index in [1.165, 1.54) is 83.2 Å². The molecule has 254 valence electrons. The second kappa shape index (κ2) is 11.7. The van der Waals surface area contributed by atoms with Crippen LogP contribution in [0.4, 0.5) is 17.1 Å². The van der Waals surface area contributed by atoms with Crippen molar-refractivity contribution < 1.29 is 0 Å². The number of nitrogens with zero attached hydrogens (tertiary/aromatic N) is 1. The molecule has 2 aliphatic carbocycles. The van der Waals surface area contributed by atoms with Gasteiger partial charge in [-0.2, -0.15) is 0 Å². The van der Waals surface area contributed by atoms with Gasteiger partial charge in [0.25, 0.3) is 0 Å². The molecule has 0 radical (unpaired) electrons. The average molecular weight is 680 g/mol. The molecule has 0 aliphatic heterocycles. The van der Waals surface area contributed by atoms with Crippen molar-refractivity contribution in [1.82, 2.24) is 0 Å². The Balaban J connectivity index is 1.20. The smallest absolute Gasteiger partial charge is 0.0543 e. The number of fused-ring (bicyclic) bond motifs is 9. The molecule has 0 unspecified atom stereocenters. The van der Waals surface area contributed by atoms with E-state index in [0.717, 1.165) is 11.4 Å². The van der Waals surface area contributed by atoms with E-state index in [0.29, 0.717) is 0 Å². The van der Waals surface area contributed by atoms with Gasteiger partial charge >= 0.3 is 0 Å². The first-order valence-electron chi connectivity index (χ1n) is 18.8. The second-order valence-electron chi connectivity index (χ2n) is 15.7. The first-order valence-corrected chi connectivity index (χ1v) is 18.8. The van der Waals surface area contributed by atoms with Gasteiger partial charge in [0.15, 0.2) is 0 Å². The highest BCUT2D eigenvalue weighted by Gasteiger charge is 2.46. The predicted molar refractivity (Wildman–Crippen MR) is 225 cm³/mol. The molecule has 0 heterocycles. The predicted octanol–water partition coefficient (Wildman–Crippen LogP) is 14.3. The highest BCUT2D eigenvalue weighted by molar-refractivity contribution is 6.11. The van der Waals surface area contributed by atoms with Crippen molar-refractivity contribution in [2.75, 3.05) is 4.90 Å². The first-order chi connectivity index (χ1) is 25.8. The molecule has 0 spiro atoms. The van der Waals surface area contributed by atoms with Crippen LogP contribution in [0.1, 0.15) is 49.9 Å². The van der Waals surface area contributed by atoms with Crippen molar-refractivity contribution in [2.45, 2.75) is 38.5 Å². The van der Waals surface area contributed by atoms with Gasteiger partial charge in [0.05, 0.1) is 5.69 Å². The molecule has 0 atom stereocenters. The zero-order valence-corrected chi connectivity index (χ0v) is 30.7. The SMILES string of the molecule is CC1(C)c2ccccc2-c2ccc3c(c21)C(C)(C)c1cc(N(c2ccc(-c4ccccc4)cc2)c2ccc(-c4ccccc4)cc2)c2ccccc2c1-3. The van der Waals surface area contributed by atoms with Crippen molar-refractivity contribution in [2.24, 2.45) is 0 Å². The van der Waals surface area contributed by atoms with Gasteiger partial charge in [0.2, 0.25) is 0 Å². The van der Waals surface area contributed by atoms with E-state index in [4.69, 9.17) is 0 Å². The Hall–Kier alpha value is -6.18. The van der Waals surface area contributed by atoms with Crippen molar-refractivity contribution in [3.05, 3.63) is 198 Å². The van der Waals surface area contributed by atoms with Gasteiger partial charge in [-0.15, -0.1) is 0 Å². The Morgan fingerprint density at radius 3 is 1.42 bits per heavy atom. The minimum absolute atomic E-state index is 0.0950. The number of rotatable bonds is 5. The van der Waals surface area contributed by atoms with Crippen molar-refractivity contribution in [1.29, 1.82) is 0 Å². The van der Waals surface area contributed by atoms with E-state index < -0.39 is 0 Å². The number of hydrogen-bond donors (Lipinski definition) is 0. The fraction of sp³-hybridized carbons (Fsp3) is 0.115.